The van der Waals surface area contributed by atoms with Crippen molar-refractivity contribution in [1.29, 1.82) is 0 Å². The number of nitrogens with zero attached hydrogens (tertiary/aromatic N) is 1. The monoisotopic (exact) mass is 281 g/mol. The number of anilines is 2. The number of rotatable bonds is 5. The first-order valence-electron chi connectivity index (χ1n) is 7.18. The van der Waals surface area contributed by atoms with Gasteiger partial charge in [-0.15, -0.1) is 0 Å². The van der Waals surface area contributed by atoms with Gasteiger partial charge in [-0.3, -0.25) is 0 Å². The molecule has 0 amide bonds. The quantitative estimate of drug-likeness (QED) is 0.697. The van der Waals surface area contributed by atoms with E-state index < -0.39 is 0 Å². The molecule has 2 aromatic carbocycles. The lowest BCUT2D eigenvalue weighted by molar-refractivity contribution is 0.589. The molecule has 0 saturated heterocycles. The van der Waals surface area contributed by atoms with Crippen LogP contribution in [-0.4, -0.2) is 11.0 Å². The van der Waals surface area contributed by atoms with Crippen molar-refractivity contribution in [3.8, 4) is 0 Å². The van der Waals surface area contributed by atoms with E-state index in [-0.39, 0.29) is 6.04 Å². The summed E-state index contributed by atoms with van der Waals surface area (Å²) in [5.74, 6) is 0. The molecule has 0 fully saturated rings. The number of hydrogen-bond acceptors (Lipinski definition) is 4. The summed E-state index contributed by atoms with van der Waals surface area (Å²) in [6, 6.07) is 16.8. The predicted molar refractivity (Wildman–Crippen MR) is 86.3 cm³/mol. The van der Waals surface area contributed by atoms with Crippen molar-refractivity contribution in [2.75, 3.05) is 11.1 Å². The molecule has 0 bridgehead atoms. The summed E-state index contributed by atoms with van der Waals surface area (Å²) in [6.07, 6.45) is 2.04. The van der Waals surface area contributed by atoms with Crippen molar-refractivity contribution in [3.05, 3.63) is 54.1 Å². The first-order valence-corrected chi connectivity index (χ1v) is 7.18. The zero-order chi connectivity index (χ0) is 14.7. The molecule has 1 heterocycles. The Labute approximate surface area is 124 Å². The summed E-state index contributed by atoms with van der Waals surface area (Å²) in [5, 5.41) is 3.30. The Balaban J connectivity index is 1.63. The number of nitrogens with two attached hydrogens (primary N) is 1. The van der Waals surface area contributed by atoms with E-state index in [1.807, 2.05) is 24.3 Å². The molecule has 0 aliphatic heterocycles. The summed E-state index contributed by atoms with van der Waals surface area (Å²) < 4.78 is 5.67. The average Bonchev–Trinajstić information content (AvgIpc) is 2.90. The molecule has 0 aliphatic rings. The smallest absolute Gasteiger partial charge is 0.295 e. The van der Waals surface area contributed by atoms with Gasteiger partial charge in [-0.05, 0) is 37.5 Å². The number of aryl methyl sites for hydroxylation is 1. The summed E-state index contributed by atoms with van der Waals surface area (Å²) in [5.41, 5.74) is 9.30. The first kappa shape index (κ1) is 13.5. The van der Waals surface area contributed by atoms with Gasteiger partial charge < -0.3 is 15.5 Å². The molecule has 0 aliphatic carbocycles. The van der Waals surface area contributed by atoms with Crippen LogP contribution in [0.4, 0.5) is 11.7 Å². The molecule has 1 aromatic heterocycles. The predicted octanol–water partition coefficient (Wildman–Crippen LogP) is 3.84. The third-order valence-electron chi connectivity index (χ3n) is 3.53. The highest BCUT2D eigenvalue weighted by atomic mass is 16.4. The van der Waals surface area contributed by atoms with E-state index in [0.29, 0.717) is 17.3 Å². The molecule has 3 rings (SSSR count). The van der Waals surface area contributed by atoms with E-state index in [1.54, 1.807) is 0 Å². The maximum Gasteiger partial charge on any atom is 0.295 e. The average molecular weight is 281 g/mol. The SMILES string of the molecule is CC(CCc1ccccc1)Nc1nc2c(N)cccc2o1. The lowest BCUT2D eigenvalue weighted by Crippen LogP contribution is -2.16. The zero-order valence-electron chi connectivity index (χ0n) is 12.0. The molecule has 0 radical (unpaired) electrons. The molecule has 3 N–H and O–H groups in total. The fourth-order valence-corrected chi connectivity index (χ4v) is 2.34. The van der Waals surface area contributed by atoms with Gasteiger partial charge in [0.15, 0.2) is 5.58 Å². The van der Waals surface area contributed by atoms with Crippen LogP contribution in [0.25, 0.3) is 11.1 Å². The third-order valence-corrected chi connectivity index (χ3v) is 3.53. The van der Waals surface area contributed by atoms with E-state index in [0.717, 1.165) is 18.4 Å². The van der Waals surface area contributed by atoms with Gasteiger partial charge in [-0.2, -0.15) is 4.98 Å². The highest BCUT2D eigenvalue weighted by molar-refractivity contribution is 5.86. The van der Waals surface area contributed by atoms with Crippen molar-refractivity contribution >= 4 is 22.8 Å². The molecule has 3 aromatic rings. The summed E-state index contributed by atoms with van der Waals surface area (Å²) >= 11 is 0. The Morgan fingerprint density at radius 3 is 2.71 bits per heavy atom. The summed E-state index contributed by atoms with van der Waals surface area (Å²) in [4.78, 5) is 4.40. The minimum absolute atomic E-state index is 0.277. The van der Waals surface area contributed by atoms with Crippen molar-refractivity contribution in [2.24, 2.45) is 0 Å². The van der Waals surface area contributed by atoms with Crippen LogP contribution >= 0.6 is 0 Å². The van der Waals surface area contributed by atoms with Crippen molar-refractivity contribution in [3.63, 3.8) is 0 Å². The fraction of sp³-hybridized carbons (Fsp3) is 0.235. The molecule has 0 saturated carbocycles. The van der Waals surface area contributed by atoms with Crippen LogP contribution in [0, 0.1) is 0 Å². The maximum absolute atomic E-state index is 5.88. The molecule has 1 atom stereocenters. The van der Waals surface area contributed by atoms with Gasteiger partial charge in [0.05, 0.1) is 5.69 Å². The van der Waals surface area contributed by atoms with Crippen LogP contribution in [-0.2, 0) is 6.42 Å². The Morgan fingerprint density at radius 1 is 1.14 bits per heavy atom. The van der Waals surface area contributed by atoms with Crippen LogP contribution in [0.3, 0.4) is 0 Å². The second kappa shape index (κ2) is 5.87. The Kier molecular flexibility index (Phi) is 3.77. The molecule has 21 heavy (non-hydrogen) atoms. The molecular weight excluding hydrogens is 262 g/mol. The Bertz CT molecular complexity index is 721. The molecule has 4 nitrogen and oxygen atoms in total. The number of benzene rings is 2. The van der Waals surface area contributed by atoms with Gasteiger partial charge in [-0.25, -0.2) is 0 Å². The van der Waals surface area contributed by atoms with Gasteiger partial charge in [0, 0.05) is 6.04 Å². The lowest BCUT2D eigenvalue weighted by atomic mass is 10.1. The Hall–Kier alpha value is -2.49. The third kappa shape index (κ3) is 3.16. The first-order chi connectivity index (χ1) is 10.2. The fourth-order valence-electron chi connectivity index (χ4n) is 2.34. The van der Waals surface area contributed by atoms with Gasteiger partial charge in [0.25, 0.3) is 6.01 Å². The molecule has 4 heteroatoms. The molecular formula is C17H19N3O. The van der Waals surface area contributed by atoms with E-state index in [1.165, 1.54) is 5.56 Å². The summed E-state index contributed by atoms with van der Waals surface area (Å²) in [7, 11) is 0. The minimum atomic E-state index is 0.277. The zero-order valence-corrected chi connectivity index (χ0v) is 12.0. The van der Waals surface area contributed by atoms with Crippen LogP contribution in [0.2, 0.25) is 0 Å². The standard InChI is InChI=1S/C17H19N3O/c1-12(10-11-13-6-3-2-4-7-13)19-17-20-16-14(18)8-5-9-15(16)21-17/h2-9,12H,10-11,18H2,1H3,(H,19,20). The van der Waals surface area contributed by atoms with Gasteiger partial charge in [0.2, 0.25) is 0 Å². The van der Waals surface area contributed by atoms with Crippen LogP contribution in [0.1, 0.15) is 18.9 Å². The summed E-state index contributed by atoms with van der Waals surface area (Å²) in [6.45, 7) is 2.13. The molecule has 108 valence electrons. The van der Waals surface area contributed by atoms with Crippen molar-refractivity contribution < 1.29 is 4.42 Å². The van der Waals surface area contributed by atoms with Gasteiger partial charge >= 0.3 is 0 Å². The van der Waals surface area contributed by atoms with E-state index >= 15 is 0 Å². The van der Waals surface area contributed by atoms with Crippen LogP contribution < -0.4 is 11.1 Å². The van der Waals surface area contributed by atoms with E-state index in [4.69, 9.17) is 10.2 Å². The largest absolute Gasteiger partial charge is 0.423 e. The number of oxazole rings is 1. The minimum Gasteiger partial charge on any atom is -0.423 e. The van der Waals surface area contributed by atoms with E-state index in [9.17, 15) is 0 Å². The number of aromatic nitrogens is 1. The molecule has 0 spiro atoms. The van der Waals surface area contributed by atoms with E-state index in [2.05, 4.69) is 41.5 Å². The normalized spacial score (nSPS) is 12.4. The highest BCUT2D eigenvalue weighted by Crippen LogP contribution is 2.24. The van der Waals surface area contributed by atoms with Gasteiger partial charge in [0.1, 0.15) is 5.52 Å². The number of nitrogens with one attached hydrogen (secondary N) is 1. The van der Waals surface area contributed by atoms with Crippen LogP contribution in [0.15, 0.2) is 52.9 Å². The second-order valence-electron chi connectivity index (χ2n) is 5.28. The Morgan fingerprint density at radius 2 is 1.95 bits per heavy atom. The highest BCUT2D eigenvalue weighted by Gasteiger charge is 2.10. The van der Waals surface area contributed by atoms with Gasteiger partial charge in [-0.1, -0.05) is 36.4 Å². The number of hydrogen-bond donors (Lipinski definition) is 2. The van der Waals surface area contributed by atoms with Crippen molar-refractivity contribution in [2.45, 2.75) is 25.8 Å². The maximum atomic E-state index is 5.88. The topological polar surface area (TPSA) is 64.1 Å². The van der Waals surface area contributed by atoms with Crippen LogP contribution in [0.5, 0.6) is 0 Å². The number of fused-ring (bicyclic) bond motifs is 1. The lowest BCUT2D eigenvalue weighted by Gasteiger charge is -2.11. The molecule has 1 unspecified atom stereocenters. The number of para-hydroxylation sites is 1. The van der Waals surface area contributed by atoms with Crippen molar-refractivity contribution in [1.82, 2.24) is 4.98 Å². The number of nitrogen functional groups attached to an aromatic ring is 1. The second-order valence-corrected chi connectivity index (χ2v) is 5.28.